The summed E-state index contributed by atoms with van der Waals surface area (Å²) in [6, 6.07) is 2.91. The Morgan fingerprint density at radius 2 is 2.07 bits per heavy atom. The first-order valence-electron chi connectivity index (χ1n) is 4.35. The summed E-state index contributed by atoms with van der Waals surface area (Å²) in [5, 5.41) is 0.354. The number of halogens is 2. The van der Waals surface area contributed by atoms with Crippen LogP contribution in [0.2, 0.25) is 5.02 Å². The van der Waals surface area contributed by atoms with Crippen LogP contribution < -0.4 is 4.74 Å². The fourth-order valence-corrected chi connectivity index (χ4v) is 1.60. The van der Waals surface area contributed by atoms with E-state index in [2.05, 4.69) is 0 Å². The molecule has 0 unspecified atom stereocenters. The maximum Gasteiger partial charge on any atom is 0.135 e. The summed E-state index contributed by atoms with van der Waals surface area (Å²) in [6.07, 6.45) is 3.55. The third kappa shape index (κ3) is 1.62. The second-order valence-electron chi connectivity index (χ2n) is 3.84. The fraction of sp³-hybridized carbons (Fsp3) is 0.273. The van der Waals surface area contributed by atoms with Crippen LogP contribution in [0.15, 0.2) is 18.2 Å². The zero-order chi connectivity index (χ0) is 10.3. The molecule has 1 aliphatic rings. The summed E-state index contributed by atoms with van der Waals surface area (Å²) in [6.45, 7) is 3.82. The average molecular weight is 213 g/mol. The Labute approximate surface area is 87.1 Å². The molecule has 0 radical (unpaired) electrons. The van der Waals surface area contributed by atoms with Crippen molar-refractivity contribution in [2.45, 2.75) is 19.4 Å². The van der Waals surface area contributed by atoms with Crippen LogP contribution >= 0.6 is 11.6 Å². The Bertz CT molecular complexity index is 410. The highest BCUT2D eigenvalue weighted by Gasteiger charge is 2.23. The lowest BCUT2D eigenvalue weighted by atomic mass is 10.0. The van der Waals surface area contributed by atoms with Gasteiger partial charge in [0.15, 0.2) is 0 Å². The molecule has 1 aliphatic heterocycles. The second-order valence-corrected chi connectivity index (χ2v) is 4.27. The molecule has 0 atom stereocenters. The van der Waals surface area contributed by atoms with Crippen LogP contribution in [0.1, 0.15) is 19.4 Å². The van der Waals surface area contributed by atoms with E-state index in [4.69, 9.17) is 16.3 Å². The molecular weight excluding hydrogens is 203 g/mol. The second kappa shape index (κ2) is 2.99. The Morgan fingerprint density at radius 1 is 1.36 bits per heavy atom. The standard InChI is InChI=1S/C11H10ClFO/c1-11(2)4-3-8-9(13)5-7(12)6-10(8)14-11/h3-6H,1-2H3. The molecule has 2 rings (SSSR count). The Balaban J connectivity index is 2.56. The van der Waals surface area contributed by atoms with E-state index < -0.39 is 5.60 Å². The number of hydrogen-bond acceptors (Lipinski definition) is 1. The van der Waals surface area contributed by atoms with Crippen LogP contribution in [-0.4, -0.2) is 5.60 Å². The molecule has 0 bridgehead atoms. The molecule has 0 aromatic heterocycles. The quantitative estimate of drug-likeness (QED) is 0.638. The first-order valence-corrected chi connectivity index (χ1v) is 4.73. The van der Waals surface area contributed by atoms with E-state index in [1.54, 1.807) is 12.1 Å². The SMILES string of the molecule is CC1(C)C=Cc2c(F)cc(Cl)cc2O1. The minimum absolute atomic E-state index is 0.348. The molecule has 0 saturated heterocycles. The van der Waals surface area contributed by atoms with Gasteiger partial charge in [-0.05, 0) is 38.1 Å². The maximum absolute atomic E-state index is 13.4. The van der Waals surface area contributed by atoms with Crippen LogP contribution in [-0.2, 0) is 0 Å². The molecule has 3 heteroatoms. The molecular formula is C11H10ClFO. The number of rotatable bonds is 0. The summed E-state index contributed by atoms with van der Waals surface area (Å²) in [5.74, 6) is 0.154. The monoisotopic (exact) mass is 212 g/mol. The molecule has 0 N–H and O–H groups in total. The van der Waals surface area contributed by atoms with Crippen molar-refractivity contribution in [2.75, 3.05) is 0 Å². The summed E-state index contributed by atoms with van der Waals surface area (Å²) in [4.78, 5) is 0. The van der Waals surface area contributed by atoms with Crippen LogP contribution in [0.5, 0.6) is 5.75 Å². The topological polar surface area (TPSA) is 9.23 Å². The zero-order valence-electron chi connectivity index (χ0n) is 7.97. The molecule has 74 valence electrons. The van der Waals surface area contributed by atoms with E-state index in [1.807, 2.05) is 19.9 Å². The van der Waals surface area contributed by atoms with Gasteiger partial charge in [-0.3, -0.25) is 0 Å². The zero-order valence-corrected chi connectivity index (χ0v) is 8.73. The van der Waals surface area contributed by atoms with Gasteiger partial charge in [-0.1, -0.05) is 11.6 Å². The molecule has 0 aliphatic carbocycles. The van der Waals surface area contributed by atoms with Gasteiger partial charge in [0.1, 0.15) is 17.2 Å². The molecule has 0 fully saturated rings. The smallest absolute Gasteiger partial charge is 0.135 e. The van der Waals surface area contributed by atoms with E-state index in [1.165, 1.54) is 6.07 Å². The Kier molecular flexibility index (Phi) is 2.04. The van der Waals surface area contributed by atoms with E-state index in [9.17, 15) is 4.39 Å². The lowest BCUT2D eigenvalue weighted by molar-refractivity contribution is 0.158. The highest BCUT2D eigenvalue weighted by atomic mass is 35.5. The van der Waals surface area contributed by atoms with Crippen molar-refractivity contribution in [3.63, 3.8) is 0 Å². The lowest BCUT2D eigenvalue weighted by Gasteiger charge is -2.27. The number of benzene rings is 1. The van der Waals surface area contributed by atoms with Crippen molar-refractivity contribution in [1.82, 2.24) is 0 Å². The summed E-state index contributed by atoms with van der Waals surface area (Å²) >= 11 is 5.73. The summed E-state index contributed by atoms with van der Waals surface area (Å²) in [7, 11) is 0. The number of ether oxygens (including phenoxy) is 1. The molecule has 0 saturated carbocycles. The van der Waals surface area contributed by atoms with Gasteiger partial charge >= 0.3 is 0 Å². The van der Waals surface area contributed by atoms with E-state index in [0.29, 0.717) is 16.3 Å². The van der Waals surface area contributed by atoms with Crippen molar-refractivity contribution in [2.24, 2.45) is 0 Å². The van der Waals surface area contributed by atoms with Gasteiger partial charge in [-0.25, -0.2) is 4.39 Å². The van der Waals surface area contributed by atoms with Crippen molar-refractivity contribution in [1.29, 1.82) is 0 Å². The van der Waals surface area contributed by atoms with Crippen molar-refractivity contribution in [3.8, 4) is 5.75 Å². The first-order chi connectivity index (χ1) is 6.48. The van der Waals surface area contributed by atoms with Crippen molar-refractivity contribution in [3.05, 3.63) is 34.6 Å². The van der Waals surface area contributed by atoms with Gasteiger partial charge in [-0.15, -0.1) is 0 Å². The first kappa shape index (κ1) is 9.53. The lowest BCUT2D eigenvalue weighted by Crippen LogP contribution is -2.27. The highest BCUT2D eigenvalue weighted by molar-refractivity contribution is 6.30. The molecule has 1 nitrogen and oxygen atoms in total. The molecule has 14 heavy (non-hydrogen) atoms. The number of hydrogen-bond donors (Lipinski definition) is 0. The van der Waals surface area contributed by atoms with Gasteiger partial charge < -0.3 is 4.74 Å². The molecule has 1 heterocycles. The highest BCUT2D eigenvalue weighted by Crippen LogP contribution is 2.34. The van der Waals surface area contributed by atoms with Gasteiger partial charge in [-0.2, -0.15) is 0 Å². The van der Waals surface area contributed by atoms with Crippen LogP contribution in [0, 0.1) is 5.82 Å². The molecule has 1 aromatic carbocycles. The van der Waals surface area contributed by atoms with Crippen LogP contribution in [0.4, 0.5) is 4.39 Å². The van der Waals surface area contributed by atoms with Gasteiger partial charge in [0.2, 0.25) is 0 Å². The fourth-order valence-electron chi connectivity index (χ4n) is 1.41. The van der Waals surface area contributed by atoms with Crippen molar-refractivity contribution < 1.29 is 9.13 Å². The number of fused-ring (bicyclic) bond motifs is 1. The summed E-state index contributed by atoms with van der Waals surface area (Å²) in [5.41, 5.74) is 0.0677. The summed E-state index contributed by atoms with van der Waals surface area (Å²) < 4.78 is 18.9. The van der Waals surface area contributed by atoms with Crippen LogP contribution in [0.25, 0.3) is 6.08 Å². The average Bonchev–Trinajstić information content (AvgIpc) is 2.00. The van der Waals surface area contributed by atoms with Crippen molar-refractivity contribution >= 4 is 17.7 Å². The van der Waals surface area contributed by atoms with Gasteiger partial charge in [0.25, 0.3) is 0 Å². The normalized spacial score (nSPS) is 17.4. The maximum atomic E-state index is 13.4. The van der Waals surface area contributed by atoms with Gasteiger partial charge in [0, 0.05) is 5.02 Å². The van der Waals surface area contributed by atoms with Crippen LogP contribution in [0.3, 0.4) is 0 Å². The van der Waals surface area contributed by atoms with E-state index >= 15 is 0 Å². The molecule has 0 spiro atoms. The predicted octanol–water partition coefficient (Wildman–Crippen LogP) is 3.66. The van der Waals surface area contributed by atoms with E-state index in [-0.39, 0.29) is 5.82 Å². The third-order valence-electron chi connectivity index (χ3n) is 2.08. The molecule has 1 aromatic rings. The Morgan fingerprint density at radius 3 is 2.79 bits per heavy atom. The predicted molar refractivity (Wildman–Crippen MR) is 55.2 cm³/mol. The largest absolute Gasteiger partial charge is 0.483 e. The Hall–Kier alpha value is -1.02. The third-order valence-corrected chi connectivity index (χ3v) is 2.30. The van der Waals surface area contributed by atoms with Gasteiger partial charge in [0.05, 0.1) is 5.56 Å². The molecule has 0 amide bonds. The minimum atomic E-state index is -0.399. The minimum Gasteiger partial charge on any atom is -0.483 e. The van der Waals surface area contributed by atoms with E-state index in [0.717, 1.165) is 0 Å².